The number of hydrogen-bond donors (Lipinski definition) is 0. The van der Waals surface area contributed by atoms with E-state index in [9.17, 15) is 0 Å². The summed E-state index contributed by atoms with van der Waals surface area (Å²) in [4.78, 5) is 0. The van der Waals surface area contributed by atoms with Gasteiger partial charge in [0.05, 0.1) is 19.3 Å². The maximum absolute atomic E-state index is 6.10. The summed E-state index contributed by atoms with van der Waals surface area (Å²) >= 11 is 0. The topological polar surface area (TPSA) is 36.9 Å². The molecular formula is C16H22O4. The highest BCUT2D eigenvalue weighted by molar-refractivity contribution is 5.13. The normalized spacial score (nSPS) is 40.0. The molecule has 2 aliphatic heterocycles. The zero-order chi connectivity index (χ0) is 14.2. The molecule has 2 fully saturated rings. The van der Waals surface area contributed by atoms with E-state index in [2.05, 4.69) is 12.1 Å². The molecule has 110 valence electrons. The fraction of sp³-hybridized carbons (Fsp3) is 0.625. The lowest BCUT2D eigenvalue weighted by atomic mass is 9.90. The Labute approximate surface area is 120 Å². The molecule has 0 spiro atoms. The van der Waals surface area contributed by atoms with Crippen LogP contribution >= 0.6 is 0 Å². The second kappa shape index (κ2) is 5.11. The van der Waals surface area contributed by atoms with E-state index in [1.165, 1.54) is 0 Å². The number of ether oxygens (including phenoxy) is 4. The summed E-state index contributed by atoms with van der Waals surface area (Å²) in [5.74, 6) is -0.668. The molecule has 0 saturated carbocycles. The van der Waals surface area contributed by atoms with E-state index in [1.54, 1.807) is 7.11 Å². The van der Waals surface area contributed by atoms with Crippen molar-refractivity contribution in [3.8, 4) is 0 Å². The molecule has 0 radical (unpaired) electrons. The minimum absolute atomic E-state index is 0.00107. The van der Waals surface area contributed by atoms with Crippen LogP contribution in [0.5, 0.6) is 0 Å². The molecule has 0 amide bonds. The molecule has 20 heavy (non-hydrogen) atoms. The van der Waals surface area contributed by atoms with Gasteiger partial charge in [-0.05, 0) is 19.4 Å². The largest absolute Gasteiger partial charge is 0.378 e. The highest BCUT2D eigenvalue weighted by Crippen LogP contribution is 2.45. The summed E-state index contributed by atoms with van der Waals surface area (Å²) in [5.41, 5.74) is 0.784. The smallest absolute Gasteiger partial charge is 0.192 e. The fourth-order valence-corrected chi connectivity index (χ4v) is 3.12. The van der Waals surface area contributed by atoms with Gasteiger partial charge in [0, 0.05) is 13.5 Å². The van der Waals surface area contributed by atoms with Crippen molar-refractivity contribution in [2.75, 3.05) is 13.7 Å². The van der Waals surface area contributed by atoms with Crippen molar-refractivity contribution in [3.05, 3.63) is 35.9 Å². The van der Waals surface area contributed by atoms with Crippen LogP contribution < -0.4 is 0 Å². The summed E-state index contributed by atoms with van der Waals surface area (Å²) in [6.07, 6.45) is 0.665. The van der Waals surface area contributed by atoms with Crippen molar-refractivity contribution >= 4 is 0 Å². The number of rotatable bonds is 4. The first kappa shape index (κ1) is 14.0. The lowest BCUT2D eigenvalue weighted by Gasteiger charge is -2.43. The van der Waals surface area contributed by atoms with Crippen LogP contribution in [0.4, 0.5) is 0 Å². The molecule has 2 aliphatic rings. The van der Waals surface area contributed by atoms with Crippen LogP contribution in [0.1, 0.15) is 25.8 Å². The molecule has 1 aromatic rings. The highest BCUT2D eigenvalue weighted by Gasteiger charge is 2.59. The maximum atomic E-state index is 6.10. The zero-order valence-electron chi connectivity index (χ0n) is 12.3. The molecule has 3 rings (SSSR count). The summed E-state index contributed by atoms with van der Waals surface area (Å²) in [7, 11) is 1.72. The Morgan fingerprint density at radius 2 is 1.95 bits per heavy atom. The summed E-state index contributed by atoms with van der Waals surface area (Å²) < 4.78 is 23.6. The molecule has 2 saturated heterocycles. The Morgan fingerprint density at radius 3 is 2.65 bits per heavy atom. The van der Waals surface area contributed by atoms with E-state index < -0.39 is 5.79 Å². The Bertz CT molecular complexity index is 463. The Morgan fingerprint density at radius 1 is 1.20 bits per heavy atom. The molecule has 4 heteroatoms. The van der Waals surface area contributed by atoms with Crippen LogP contribution in [0.15, 0.2) is 30.3 Å². The van der Waals surface area contributed by atoms with Crippen LogP contribution in [0.25, 0.3) is 0 Å². The quantitative estimate of drug-likeness (QED) is 0.848. The Hall–Kier alpha value is -0.940. The van der Waals surface area contributed by atoms with Gasteiger partial charge in [-0.25, -0.2) is 0 Å². The number of fused-ring (bicyclic) bond motifs is 2. The average Bonchev–Trinajstić information content (AvgIpc) is 2.73. The second-order valence-corrected chi connectivity index (χ2v) is 5.96. The maximum Gasteiger partial charge on any atom is 0.192 e. The third kappa shape index (κ3) is 2.37. The van der Waals surface area contributed by atoms with Crippen molar-refractivity contribution in [2.24, 2.45) is 0 Å². The van der Waals surface area contributed by atoms with E-state index in [1.807, 2.05) is 32.0 Å². The van der Waals surface area contributed by atoms with E-state index in [4.69, 9.17) is 18.9 Å². The molecular weight excluding hydrogens is 256 g/mol. The third-order valence-corrected chi connectivity index (χ3v) is 4.35. The van der Waals surface area contributed by atoms with Gasteiger partial charge in [-0.2, -0.15) is 0 Å². The van der Waals surface area contributed by atoms with Crippen molar-refractivity contribution < 1.29 is 18.9 Å². The first-order chi connectivity index (χ1) is 9.56. The van der Waals surface area contributed by atoms with Gasteiger partial charge < -0.3 is 18.9 Å². The molecule has 0 aliphatic carbocycles. The minimum atomic E-state index is -0.668. The Balaban J connectivity index is 1.70. The van der Waals surface area contributed by atoms with Crippen LogP contribution in [-0.4, -0.2) is 37.3 Å². The molecule has 0 N–H and O–H groups in total. The van der Waals surface area contributed by atoms with Crippen LogP contribution in [0.3, 0.4) is 0 Å². The van der Waals surface area contributed by atoms with Crippen LogP contribution in [0, 0.1) is 0 Å². The van der Waals surface area contributed by atoms with Crippen molar-refractivity contribution in [1.29, 1.82) is 0 Å². The standard InChI is InChI=1S/C16H22O4/c1-15-11-19-16(2,20-15)14(9-13(15)17-3)18-10-12-7-5-4-6-8-12/h4-8,13-14H,9-11H2,1-3H3/t13-,14+,15+,16+/m0/s1. The fourth-order valence-electron chi connectivity index (χ4n) is 3.12. The van der Waals surface area contributed by atoms with E-state index in [-0.39, 0.29) is 17.8 Å². The van der Waals surface area contributed by atoms with Crippen molar-refractivity contribution in [2.45, 2.75) is 50.5 Å². The van der Waals surface area contributed by atoms with Gasteiger partial charge in [-0.3, -0.25) is 0 Å². The monoisotopic (exact) mass is 278 g/mol. The third-order valence-electron chi connectivity index (χ3n) is 4.35. The van der Waals surface area contributed by atoms with Gasteiger partial charge in [0.2, 0.25) is 0 Å². The van der Waals surface area contributed by atoms with E-state index in [0.717, 1.165) is 12.0 Å². The van der Waals surface area contributed by atoms with Gasteiger partial charge in [0.15, 0.2) is 5.79 Å². The van der Waals surface area contributed by atoms with Gasteiger partial charge in [0.1, 0.15) is 11.7 Å². The predicted molar refractivity (Wildman–Crippen MR) is 74.3 cm³/mol. The second-order valence-electron chi connectivity index (χ2n) is 5.96. The van der Waals surface area contributed by atoms with Gasteiger partial charge in [0.25, 0.3) is 0 Å². The molecule has 2 heterocycles. The van der Waals surface area contributed by atoms with Gasteiger partial charge in [-0.1, -0.05) is 30.3 Å². The Kier molecular flexibility index (Phi) is 3.58. The molecule has 0 unspecified atom stereocenters. The molecule has 4 atom stereocenters. The van der Waals surface area contributed by atoms with Crippen LogP contribution in [-0.2, 0) is 25.6 Å². The zero-order valence-corrected chi connectivity index (χ0v) is 12.3. The lowest BCUT2D eigenvalue weighted by molar-refractivity contribution is -0.288. The lowest BCUT2D eigenvalue weighted by Crippen LogP contribution is -2.56. The average molecular weight is 278 g/mol. The minimum Gasteiger partial charge on any atom is -0.378 e. The van der Waals surface area contributed by atoms with Gasteiger partial charge >= 0.3 is 0 Å². The molecule has 2 bridgehead atoms. The number of hydrogen-bond acceptors (Lipinski definition) is 4. The summed E-state index contributed by atoms with van der Waals surface area (Å²) in [5, 5.41) is 0. The highest BCUT2D eigenvalue weighted by atomic mass is 16.8. The van der Waals surface area contributed by atoms with Crippen LogP contribution in [0.2, 0.25) is 0 Å². The molecule has 0 aromatic heterocycles. The first-order valence-electron chi connectivity index (χ1n) is 7.08. The SMILES string of the molecule is CO[C@H]1C[C@@H](OCc2ccccc2)[C@]2(C)OC[C@@]1(C)O2. The molecule has 1 aromatic carbocycles. The predicted octanol–water partition coefficient (Wildman–Crippen LogP) is 2.51. The number of methoxy groups -OCH3 is 1. The summed E-state index contributed by atoms with van der Waals surface area (Å²) in [6, 6.07) is 10.1. The van der Waals surface area contributed by atoms with Crippen molar-refractivity contribution in [3.63, 3.8) is 0 Å². The van der Waals surface area contributed by atoms with Gasteiger partial charge in [-0.15, -0.1) is 0 Å². The first-order valence-corrected chi connectivity index (χ1v) is 7.08. The van der Waals surface area contributed by atoms with Crippen molar-refractivity contribution in [1.82, 2.24) is 0 Å². The molecule has 4 nitrogen and oxygen atoms in total. The summed E-state index contributed by atoms with van der Waals surface area (Å²) in [6.45, 7) is 5.10. The number of benzene rings is 1. The van der Waals surface area contributed by atoms with E-state index >= 15 is 0 Å². The van der Waals surface area contributed by atoms with E-state index in [0.29, 0.717) is 13.2 Å².